The molecule has 1 radical (unpaired) electrons. The predicted octanol–water partition coefficient (Wildman–Crippen LogP) is 1.71. The summed E-state index contributed by atoms with van der Waals surface area (Å²) >= 11 is 0. The lowest BCUT2D eigenvalue weighted by atomic mass is 10.1. The van der Waals surface area contributed by atoms with Crippen molar-refractivity contribution < 1.29 is 4.39 Å². The summed E-state index contributed by atoms with van der Waals surface area (Å²) in [6.07, 6.45) is 0. The average Bonchev–Trinajstić information content (AvgIpc) is 2.01. The second-order valence-electron chi connectivity index (χ2n) is 2.59. The van der Waals surface area contributed by atoms with Crippen LogP contribution in [0.15, 0.2) is 0 Å². The summed E-state index contributed by atoms with van der Waals surface area (Å²) in [5.41, 5.74) is 0. The summed E-state index contributed by atoms with van der Waals surface area (Å²) in [6, 6.07) is 0. The van der Waals surface area contributed by atoms with Crippen LogP contribution in [0.25, 0.3) is 0 Å². The Hall–Kier alpha value is 0.455. The second kappa shape index (κ2) is 5.15. The lowest BCUT2D eigenvalue weighted by Gasteiger charge is -2.35. The highest BCUT2D eigenvalue weighted by Crippen LogP contribution is 2.12. The third-order valence-corrected chi connectivity index (χ3v) is 3.10. The topological polar surface area (TPSA) is 0 Å². The molecular formula is C7H19BNP+. The molecule has 0 N–H and O–H groups in total. The number of hydrogen-bond donors (Lipinski definition) is 0. The van der Waals surface area contributed by atoms with E-state index in [9.17, 15) is 0 Å². The fraction of sp³-hybridized carbons (Fsp3) is 1.00. The van der Waals surface area contributed by atoms with Crippen LogP contribution < -0.4 is 0 Å². The van der Waals surface area contributed by atoms with Gasteiger partial charge in [-0.15, -0.1) is 0 Å². The van der Waals surface area contributed by atoms with Crippen LogP contribution in [0.1, 0.15) is 20.8 Å². The van der Waals surface area contributed by atoms with Gasteiger partial charge in [0.05, 0.1) is 19.6 Å². The molecule has 0 aliphatic heterocycles. The van der Waals surface area contributed by atoms with Crippen molar-refractivity contribution in [1.29, 1.82) is 0 Å². The van der Waals surface area contributed by atoms with Crippen LogP contribution in [-0.2, 0) is 0 Å². The molecule has 0 bridgehead atoms. The van der Waals surface area contributed by atoms with E-state index >= 15 is 0 Å². The Morgan fingerprint density at radius 1 is 1.10 bits per heavy atom. The number of nitrogens with zero attached hydrogens (tertiary/aromatic N) is 1. The van der Waals surface area contributed by atoms with Gasteiger partial charge >= 0.3 is 7.13 Å². The van der Waals surface area contributed by atoms with Crippen LogP contribution in [0.4, 0.5) is 0 Å². The minimum atomic E-state index is 0.977. The van der Waals surface area contributed by atoms with Crippen LogP contribution in [0.5, 0.6) is 0 Å². The highest BCUT2D eigenvalue weighted by Gasteiger charge is 2.21. The van der Waals surface area contributed by atoms with Gasteiger partial charge in [0.1, 0.15) is 0 Å². The normalized spacial score (nSPS) is 12.8. The van der Waals surface area contributed by atoms with Crippen LogP contribution >= 0.6 is 8.46 Å². The first-order valence-corrected chi connectivity index (χ1v) is 5.69. The zero-order chi connectivity index (χ0) is 8.04. The average molecular weight is 159 g/mol. The molecule has 0 aromatic carbocycles. The molecular weight excluding hydrogens is 140 g/mol. The Labute approximate surface area is 67.8 Å². The Balaban J connectivity index is 3.87. The molecule has 10 heavy (non-hydrogen) atoms. The van der Waals surface area contributed by atoms with Gasteiger partial charge in [-0.2, -0.15) is 0 Å². The maximum atomic E-state index is 2.44. The SMILES string of the molecule is CC[N+]([B]PC)(CC)CC. The van der Waals surface area contributed by atoms with Crippen molar-refractivity contribution in [2.45, 2.75) is 20.8 Å². The molecule has 1 unspecified atom stereocenters. The first-order chi connectivity index (χ1) is 4.74. The monoisotopic (exact) mass is 159 g/mol. The summed E-state index contributed by atoms with van der Waals surface area (Å²) in [5, 5.41) is 0. The largest absolute Gasteiger partial charge is 0.473 e. The van der Waals surface area contributed by atoms with Gasteiger partial charge in [0.25, 0.3) is 0 Å². The summed E-state index contributed by atoms with van der Waals surface area (Å²) in [7, 11) is 3.42. The van der Waals surface area contributed by atoms with E-state index in [1.165, 1.54) is 24.0 Å². The van der Waals surface area contributed by atoms with Gasteiger partial charge in [-0.3, -0.25) is 0 Å². The predicted molar refractivity (Wildman–Crippen MR) is 51.9 cm³/mol. The fourth-order valence-electron chi connectivity index (χ4n) is 1.22. The van der Waals surface area contributed by atoms with Crippen molar-refractivity contribution in [2.75, 3.05) is 26.3 Å². The smallest absolute Gasteiger partial charge is 0.391 e. The van der Waals surface area contributed by atoms with Gasteiger partial charge < -0.3 is 4.39 Å². The molecule has 0 rings (SSSR count). The number of rotatable bonds is 5. The zero-order valence-corrected chi connectivity index (χ0v) is 8.65. The van der Waals surface area contributed by atoms with E-state index in [0.717, 1.165) is 8.46 Å². The minimum absolute atomic E-state index is 0.977. The van der Waals surface area contributed by atoms with Gasteiger partial charge in [-0.25, -0.2) is 0 Å². The van der Waals surface area contributed by atoms with E-state index in [-0.39, 0.29) is 0 Å². The molecule has 0 spiro atoms. The molecule has 0 fully saturated rings. The molecule has 0 saturated heterocycles. The zero-order valence-electron chi connectivity index (χ0n) is 7.65. The molecule has 59 valence electrons. The van der Waals surface area contributed by atoms with Gasteiger partial charge in [-0.05, 0) is 27.4 Å². The van der Waals surface area contributed by atoms with E-state index < -0.39 is 0 Å². The summed E-state index contributed by atoms with van der Waals surface area (Å²) in [6.45, 7) is 12.8. The summed E-state index contributed by atoms with van der Waals surface area (Å²) < 4.78 is 1.19. The Bertz CT molecular complexity index is 75.4. The molecule has 1 atom stereocenters. The first kappa shape index (κ1) is 10.5. The lowest BCUT2D eigenvalue weighted by Crippen LogP contribution is -2.48. The third-order valence-electron chi connectivity index (χ3n) is 2.29. The molecule has 0 aliphatic carbocycles. The van der Waals surface area contributed by atoms with Crippen molar-refractivity contribution >= 4 is 15.6 Å². The number of hydrogen-bond acceptors (Lipinski definition) is 0. The molecule has 0 heterocycles. The van der Waals surface area contributed by atoms with E-state index in [4.69, 9.17) is 0 Å². The maximum absolute atomic E-state index is 2.44. The molecule has 0 aromatic heterocycles. The van der Waals surface area contributed by atoms with Gasteiger partial charge in [-0.1, -0.05) is 8.46 Å². The quantitative estimate of drug-likeness (QED) is 0.423. The highest BCUT2D eigenvalue weighted by molar-refractivity contribution is 7.68. The van der Waals surface area contributed by atoms with Crippen molar-refractivity contribution in [3.8, 4) is 0 Å². The van der Waals surface area contributed by atoms with Crippen molar-refractivity contribution in [2.24, 2.45) is 0 Å². The molecule has 0 aromatic rings. The van der Waals surface area contributed by atoms with Crippen molar-refractivity contribution in [3.63, 3.8) is 0 Å². The van der Waals surface area contributed by atoms with Crippen LogP contribution in [0.2, 0.25) is 0 Å². The second-order valence-corrected chi connectivity index (χ2v) is 3.42. The lowest BCUT2D eigenvalue weighted by molar-refractivity contribution is -0.813. The standard InChI is InChI=1S/C7H19BNP/c1-5-9(6-2,7-3)8-10-4/h10H,5-7H2,1-4H3/q+1. The minimum Gasteiger partial charge on any atom is -0.391 e. The van der Waals surface area contributed by atoms with Crippen LogP contribution in [0, 0.1) is 0 Å². The van der Waals surface area contributed by atoms with Crippen LogP contribution in [0.3, 0.4) is 0 Å². The van der Waals surface area contributed by atoms with Gasteiger partial charge in [0.15, 0.2) is 0 Å². The maximum Gasteiger partial charge on any atom is 0.473 e. The molecule has 0 aliphatic rings. The van der Waals surface area contributed by atoms with Crippen molar-refractivity contribution in [3.05, 3.63) is 0 Å². The van der Waals surface area contributed by atoms with Gasteiger partial charge in [0, 0.05) is 0 Å². The van der Waals surface area contributed by atoms with Crippen molar-refractivity contribution in [1.82, 2.24) is 0 Å². The Kier molecular flexibility index (Phi) is 5.39. The number of quaternary nitrogens is 1. The highest BCUT2D eigenvalue weighted by atomic mass is 31.1. The Morgan fingerprint density at radius 2 is 1.50 bits per heavy atom. The molecule has 0 amide bonds. The fourth-order valence-corrected chi connectivity index (χ4v) is 2.31. The van der Waals surface area contributed by atoms with E-state index in [1.54, 1.807) is 0 Å². The van der Waals surface area contributed by atoms with Gasteiger partial charge in [0.2, 0.25) is 0 Å². The molecule has 1 nitrogen and oxygen atoms in total. The molecule has 0 saturated carbocycles. The Morgan fingerprint density at radius 3 is 1.60 bits per heavy atom. The van der Waals surface area contributed by atoms with E-state index in [0.29, 0.717) is 0 Å². The third kappa shape index (κ3) is 2.60. The molecule has 3 heteroatoms. The van der Waals surface area contributed by atoms with E-state index in [2.05, 4.69) is 34.6 Å². The summed E-state index contributed by atoms with van der Waals surface area (Å²) in [4.78, 5) is 0. The summed E-state index contributed by atoms with van der Waals surface area (Å²) in [5.74, 6) is 0. The first-order valence-electron chi connectivity index (χ1n) is 4.12. The van der Waals surface area contributed by atoms with E-state index in [1.807, 2.05) is 0 Å². The van der Waals surface area contributed by atoms with Crippen LogP contribution in [-0.4, -0.2) is 37.8 Å².